The van der Waals surface area contributed by atoms with E-state index in [0.717, 1.165) is 5.01 Å². The standard InChI is InChI=1S/C10H20N4O2S2/c1-10(2,9-12-6-8-17-9)13-18(15,16)14(3)7-4-5-11/h6,8,13H,4-5,7,11H2,1-3H3. The minimum atomic E-state index is -3.52. The Morgan fingerprint density at radius 3 is 2.72 bits per heavy atom. The summed E-state index contributed by atoms with van der Waals surface area (Å²) in [6.45, 7) is 4.45. The number of nitrogens with zero attached hydrogens (tertiary/aromatic N) is 2. The lowest BCUT2D eigenvalue weighted by molar-refractivity contribution is 0.411. The van der Waals surface area contributed by atoms with Crippen molar-refractivity contribution in [3.8, 4) is 0 Å². The first-order valence-electron chi connectivity index (χ1n) is 5.65. The van der Waals surface area contributed by atoms with E-state index in [9.17, 15) is 8.42 Å². The fourth-order valence-electron chi connectivity index (χ4n) is 1.41. The van der Waals surface area contributed by atoms with Crippen molar-refractivity contribution in [2.75, 3.05) is 20.1 Å². The molecule has 104 valence electrons. The van der Waals surface area contributed by atoms with Crippen LogP contribution in [0.5, 0.6) is 0 Å². The number of nitrogens with two attached hydrogens (primary N) is 1. The Bertz CT molecular complexity index is 456. The minimum absolute atomic E-state index is 0.403. The van der Waals surface area contributed by atoms with Gasteiger partial charge < -0.3 is 5.73 Å². The summed E-state index contributed by atoms with van der Waals surface area (Å²) in [7, 11) is -1.98. The highest BCUT2D eigenvalue weighted by atomic mass is 32.2. The van der Waals surface area contributed by atoms with Crippen LogP contribution in [0.1, 0.15) is 25.3 Å². The molecule has 18 heavy (non-hydrogen) atoms. The van der Waals surface area contributed by atoms with Gasteiger partial charge >= 0.3 is 0 Å². The van der Waals surface area contributed by atoms with E-state index in [0.29, 0.717) is 19.5 Å². The Balaban J connectivity index is 2.76. The van der Waals surface area contributed by atoms with Crippen molar-refractivity contribution < 1.29 is 8.42 Å². The molecule has 0 saturated carbocycles. The molecule has 1 aromatic heterocycles. The maximum atomic E-state index is 12.1. The third-order valence-electron chi connectivity index (χ3n) is 2.44. The van der Waals surface area contributed by atoms with Crippen molar-refractivity contribution in [1.29, 1.82) is 0 Å². The van der Waals surface area contributed by atoms with Crippen LogP contribution in [0.25, 0.3) is 0 Å². The number of rotatable bonds is 7. The van der Waals surface area contributed by atoms with Crippen LogP contribution >= 0.6 is 11.3 Å². The second kappa shape index (κ2) is 6.07. The topological polar surface area (TPSA) is 88.3 Å². The fourth-order valence-corrected chi connectivity index (χ4v) is 3.46. The maximum Gasteiger partial charge on any atom is 0.280 e. The molecule has 0 aliphatic carbocycles. The summed E-state index contributed by atoms with van der Waals surface area (Å²) in [5, 5.41) is 2.56. The summed E-state index contributed by atoms with van der Waals surface area (Å²) in [5.41, 5.74) is 4.66. The molecule has 6 nitrogen and oxygen atoms in total. The van der Waals surface area contributed by atoms with Crippen LogP contribution in [0.4, 0.5) is 0 Å². The Hall–Kier alpha value is -0.540. The molecule has 3 N–H and O–H groups in total. The average molecular weight is 292 g/mol. The van der Waals surface area contributed by atoms with Crippen LogP contribution in [0.3, 0.4) is 0 Å². The van der Waals surface area contributed by atoms with Gasteiger partial charge in [-0.25, -0.2) is 4.98 Å². The molecule has 0 aliphatic rings. The molecule has 0 amide bonds. The first-order valence-corrected chi connectivity index (χ1v) is 7.97. The van der Waals surface area contributed by atoms with E-state index in [1.807, 2.05) is 5.38 Å². The SMILES string of the molecule is CN(CCCN)S(=O)(=O)NC(C)(C)c1nccs1. The van der Waals surface area contributed by atoms with Gasteiger partial charge in [0.2, 0.25) is 0 Å². The third-order valence-corrected chi connectivity index (χ3v) is 5.31. The number of nitrogens with one attached hydrogen (secondary N) is 1. The first kappa shape index (κ1) is 15.5. The molecule has 0 bridgehead atoms. The predicted molar refractivity (Wildman–Crippen MR) is 73.5 cm³/mol. The molecule has 0 aromatic carbocycles. The van der Waals surface area contributed by atoms with Crippen LogP contribution in [-0.2, 0) is 15.7 Å². The molecule has 0 saturated heterocycles. The second-order valence-corrected chi connectivity index (χ2v) is 7.21. The quantitative estimate of drug-likeness (QED) is 0.765. The van der Waals surface area contributed by atoms with Gasteiger partial charge in [-0.05, 0) is 26.8 Å². The molecule has 1 aromatic rings. The van der Waals surface area contributed by atoms with Crippen molar-refractivity contribution in [1.82, 2.24) is 14.0 Å². The van der Waals surface area contributed by atoms with E-state index in [1.165, 1.54) is 22.7 Å². The summed E-state index contributed by atoms with van der Waals surface area (Å²) in [6, 6.07) is 0. The van der Waals surface area contributed by atoms with Gasteiger partial charge in [0.25, 0.3) is 10.2 Å². The van der Waals surface area contributed by atoms with Gasteiger partial charge in [-0.1, -0.05) is 0 Å². The molecule has 0 unspecified atom stereocenters. The van der Waals surface area contributed by atoms with Crippen molar-refractivity contribution in [3.05, 3.63) is 16.6 Å². The van der Waals surface area contributed by atoms with Gasteiger partial charge in [0.15, 0.2) is 0 Å². The highest BCUT2D eigenvalue weighted by Gasteiger charge is 2.31. The molecule has 1 rings (SSSR count). The number of hydrogen-bond donors (Lipinski definition) is 2. The normalized spacial score (nSPS) is 13.2. The lowest BCUT2D eigenvalue weighted by atomic mass is 10.1. The van der Waals surface area contributed by atoms with E-state index in [4.69, 9.17) is 5.73 Å². The first-order chi connectivity index (χ1) is 8.29. The second-order valence-electron chi connectivity index (χ2n) is 4.53. The smallest absolute Gasteiger partial charge is 0.280 e. The molecule has 0 aliphatic heterocycles. The van der Waals surface area contributed by atoms with Crippen LogP contribution in [0, 0.1) is 0 Å². The van der Waals surface area contributed by atoms with E-state index in [-0.39, 0.29) is 0 Å². The number of thiazole rings is 1. The average Bonchev–Trinajstić information content (AvgIpc) is 2.78. The van der Waals surface area contributed by atoms with E-state index in [1.54, 1.807) is 20.0 Å². The van der Waals surface area contributed by atoms with Crippen molar-refractivity contribution in [3.63, 3.8) is 0 Å². The lowest BCUT2D eigenvalue weighted by Gasteiger charge is -2.27. The van der Waals surface area contributed by atoms with E-state index in [2.05, 4.69) is 9.71 Å². The molecule has 0 radical (unpaired) electrons. The van der Waals surface area contributed by atoms with E-state index < -0.39 is 15.7 Å². The van der Waals surface area contributed by atoms with E-state index >= 15 is 0 Å². The van der Waals surface area contributed by atoms with Gasteiger partial charge in [-0.15, -0.1) is 11.3 Å². The molecular formula is C10H20N4O2S2. The van der Waals surface area contributed by atoms with Gasteiger partial charge in [0.05, 0.1) is 5.54 Å². The Morgan fingerprint density at radius 1 is 1.56 bits per heavy atom. The predicted octanol–water partition coefficient (Wildman–Crippen LogP) is 0.493. The monoisotopic (exact) mass is 292 g/mol. The van der Waals surface area contributed by atoms with Crippen LogP contribution in [-0.4, -0.2) is 37.8 Å². The lowest BCUT2D eigenvalue weighted by Crippen LogP contribution is -2.47. The van der Waals surface area contributed by atoms with Crippen LogP contribution < -0.4 is 10.5 Å². The zero-order valence-electron chi connectivity index (χ0n) is 10.9. The van der Waals surface area contributed by atoms with Gasteiger partial charge in [-0.3, -0.25) is 0 Å². The van der Waals surface area contributed by atoms with Crippen molar-refractivity contribution in [2.24, 2.45) is 5.73 Å². The Kier molecular flexibility index (Phi) is 5.23. The molecule has 0 atom stereocenters. The highest BCUT2D eigenvalue weighted by Crippen LogP contribution is 2.23. The van der Waals surface area contributed by atoms with Crippen LogP contribution in [0.2, 0.25) is 0 Å². The largest absolute Gasteiger partial charge is 0.330 e. The molecule has 0 fully saturated rings. The number of hydrogen-bond acceptors (Lipinski definition) is 5. The summed E-state index contributed by atoms with van der Waals surface area (Å²) in [4.78, 5) is 4.15. The fraction of sp³-hybridized carbons (Fsp3) is 0.700. The van der Waals surface area contributed by atoms with Crippen molar-refractivity contribution >= 4 is 21.5 Å². The molecule has 0 spiro atoms. The van der Waals surface area contributed by atoms with Crippen LogP contribution in [0.15, 0.2) is 11.6 Å². The third kappa shape index (κ3) is 3.99. The minimum Gasteiger partial charge on any atom is -0.330 e. The summed E-state index contributed by atoms with van der Waals surface area (Å²) >= 11 is 1.42. The number of aromatic nitrogens is 1. The maximum absolute atomic E-state index is 12.1. The van der Waals surface area contributed by atoms with Crippen molar-refractivity contribution in [2.45, 2.75) is 25.8 Å². The van der Waals surface area contributed by atoms with Gasteiger partial charge in [-0.2, -0.15) is 17.4 Å². The summed E-state index contributed by atoms with van der Waals surface area (Å²) in [5.74, 6) is 0. The zero-order chi connectivity index (χ0) is 13.8. The molecule has 1 heterocycles. The van der Waals surface area contributed by atoms with Gasteiger partial charge in [0.1, 0.15) is 5.01 Å². The Morgan fingerprint density at radius 2 is 2.22 bits per heavy atom. The summed E-state index contributed by atoms with van der Waals surface area (Å²) < 4.78 is 28.1. The van der Waals surface area contributed by atoms with Gasteiger partial charge in [0, 0.05) is 25.2 Å². The molecular weight excluding hydrogens is 272 g/mol. The molecule has 8 heteroatoms. The highest BCUT2D eigenvalue weighted by molar-refractivity contribution is 7.87. The summed E-state index contributed by atoms with van der Waals surface area (Å²) in [6.07, 6.45) is 2.29. The Labute approximate surface area is 112 Å². The zero-order valence-corrected chi connectivity index (χ0v) is 12.5.